The van der Waals surface area contributed by atoms with Crippen molar-refractivity contribution in [3.8, 4) is 11.5 Å². The van der Waals surface area contributed by atoms with Crippen molar-refractivity contribution in [3.63, 3.8) is 0 Å². The Bertz CT molecular complexity index is 956. The minimum absolute atomic E-state index is 0.323. The van der Waals surface area contributed by atoms with E-state index in [4.69, 9.17) is 9.47 Å². The van der Waals surface area contributed by atoms with E-state index in [-0.39, 0.29) is 5.97 Å². The molecule has 0 bridgehead atoms. The topological polar surface area (TPSA) is 35.5 Å². The van der Waals surface area contributed by atoms with Crippen LogP contribution in [-0.4, -0.2) is 12.6 Å². The minimum Gasteiger partial charge on any atom is -0.494 e. The number of hydrogen-bond donors (Lipinski definition) is 0. The predicted octanol–water partition coefficient (Wildman–Crippen LogP) is 12.3. The van der Waals surface area contributed by atoms with Crippen molar-refractivity contribution < 1.29 is 14.3 Å². The van der Waals surface area contributed by atoms with Gasteiger partial charge in [0, 0.05) is 0 Å². The molecule has 0 unspecified atom stereocenters. The van der Waals surface area contributed by atoms with E-state index in [9.17, 15) is 4.79 Å². The van der Waals surface area contributed by atoms with Crippen LogP contribution in [0.15, 0.2) is 48.5 Å². The average Bonchev–Trinajstić information content (AvgIpc) is 3.04. The van der Waals surface area contributed by atoms with E-state index < -0.39 is 0 Å². The smallest absolute Gasteiger partial charge is 0.343 e. The van der Waals surface area contributed by atoms with E-state index in [0.29, 0.717) is 11.3 Å². The molecular weight excluding hydrogens is 528 g/mol. The molecule has 1 aliphatic rings. The summed E-state index contributed by atoms with van der Waals surface area (Å²) in [6.07, 6.45) is 29.7. The quantitative estimate of drug-likeness (QED) is 0.0733. The fourth-order valence-corrected chi connectivity index (χ4v) is 6.57. The summed E-state index contributed by atoms with van der Waals surface area (Å²) < 4.78 is 11.5. The number of carbonyl (C=O) groups excluding carboxylic acids is 1. The number of esters is 1. The molecule has 1 saturated carbocycles. The van der Waals surface area contributed by atoms with Gasteiger partial charge in [-0.3, -0.25) is 0 Å². The second-order valence-corrected chi connectivity index (χ2v) is 13.2. The lowest BCUT2D eigenvalue weighted by Crippen LogP contribution is -2.15. The van der Waals surface area contributed by atoms with Crippen LogP contribution in [0.5, 0.6) is 11.5 Å². The number of ether oxygens (including phenoxy) is 2. The third-order valence-corrected chi connectivity index (χ3v) is 9.51. The van der Waals surface area contributed by atoms with Crippen LogP contribution in [0, 0.1) is 11.8 Å². The number of carbonyl (C=O) groups is 1. The Morgan fingerprint density at radius 2 is 1.07 bits per heavy atom. The summed E-state index contributed by atoms with van der Waals surface area (Å²) in [6, 6.07) is 15.5. The average molecular weight is 591 g/mol. The first-order valence-electron chi connectivity index (χ1n) is 18.2. The van der Waals surface area contributed by atoms with Crippen LogP contribution in [0.1, 0.15) is 165 Å². The molecule has 0 atom stereocenters. The molecule has 0 aromatic heterocycles. The third-order valence-electron chi connectivity index (χ3n) is 9.51. The van der Waals surface area contributed by atoms with Crippen molar-refractivity contribution in [2.24, 2.45) is 11.8 Å². The SMILES string of the molecule is CCCCCCCCCCCCOc1ccc(C(=O)Oc2ccc(CC[C@H]3CC[C@H](CCCCCCC)CC3)cc2)cc1. The van der Waals surface area contributed by atoms with Gasteiger partial charge in [-0.2, -0.15) is 0 Å². The minimum atomic E-state index is -0.323. The molecule has 1 fully saturated rings. The maximum atomic E-state index is 12.7. The van der Waals surface area contributed by atoms with Crippen molar-refractivity contribution in [3.05, 3.63) is 59.7 Å². The molecule has 1 aliphatic carbocycles. The summed E-state index contributed by atoms with van der Waals surface area (Å²) in [5, 5.41) is 0. The van der Waals surface area contributed by atoms with E-state index in [2.05, 4.69) is 26.0 Å². The second-order valence-electron chi connectivity index (χ2n) is 13.2. The van der Waals surface area contributed by atoms with Crippen LogP contribution < -0.4 is 9.47 Å². The fourth-order valence-electron chi connectivity index (χ4n) is 6.57. The van der Waals surface area contributed by atoms with Gasteiger partial charge in [-0.25, -0.2) is 4.79 Å². The summed E-state index contributed by atoms with van der Waals surface area (Å²) in [5.74, 6) is 2.94. The molecule has 3 heteroatoms. The molecule has 2 aromatic rings. The van der Waals surface area contributed by atoms with Gasteiger partial charge in [0.2, 0.25) is 0 Å². The van der Waals surface area contributed by atoms with Gasteiger partial charge in [0.25, 0.3) is 0 Å². The van der Waals surface area contributed by atoms with Crippen LogP contribution >= 0.6 is 0 Å². The number of benzene rings is 2. The second kappa shape index (κ2) is 22.3. The highest BCUT2D eigenvalue weighted by atomic mass is 16.5. The molecule has 0 spiro atoms. The van der Waals surface area contributed by atoms with Crippen molar-refractivity contribution in [1.82, 2.24) is 0 Å². The highest BCUT2D eigenvalue weighted by Gasteiger charge is 2.20. The molecule has 43 heavy (non-hydrogen) atoms. The molecule has 0 radical (unpaired) electrons. The lowest BCUT2D eigenvalue weighted by atomic mass is 9.78. The van der Waals surface area contributed by atoms with E-state index in [1.54, 1.807) is 12.1 Å². The molecule has 0 saturated heterocycles. The first kappa shape index (κ1) is 35.2. The lowest BCUT2D eigenvalue weighted by Gasteiger charge is -2.28. The van der Waals surface area contributed by atoms with Crippen LogP contribution in [0.4, 0.5) is 0 Å². The first-order valence-corrected chi connectivity index (χ1v) is 18.2. The maximum Gasteiger partial charge on any atom is 0.343 e. The Morgan fingerprint density at radius 1 is 0.581 bits per heavy atom. The van der Waals surface area contributed by atoms with Gasteiger partial charge in [0.15, 0.2) is 0 Å². The summed E-state index contributed by atoms with van der Waals surface area (Å²) in [6.45, 7) is 5.29. The lowest BCUT2D eigenvalue weighted by molar-refractivity contribution is 0.0734. The molecule has 2 aromatic carbocycles. The molecule has 3 rings (SSSR count). The number of unbranched alkanes of at least 4 members (excludes halogenated alkanes) is 13. The van der Waals surface area contributed by atoms with Crippen LogP contribution in [0.25, 0.3) is 0 Å². The van der Waals surface area contributed by atoms with Gasteiger partial charge < -0.3 is 9.47 Å². The third kappa shape index (κ3) is 15.3. The Kier molecular flexibility index (Phi) is 18.2. The van der Waals surface area contributed by atoms with Crippen molar-refractivity contribution in [2.45, 2.75) is 155 Å². The highest BCUT2D eigenvalue weighted by molar-refractivity contribution is 5.91. The van der Waals surface area contributed by atoms with Gasteiger partial charge >= 0.3 is 5.97 Å². The Morgan fingerprint density at radius 3 is 1.65 bits per heavy atom. The maximum absolute atomic E-state index is 12.7. The fraction of sp³-hybridized carbons (Fsp3) is 0.675. The molecule has 0 amide bonds. The molecule has 3 nitrogen and oxygen atoms in total. The van der Waals surface area contributed by atoms with Crippen LogP contribution in [0.3, 0.4) is 0 Å². The van der Waals surface area contributed by atoms with E-state index >= 15 is 0 Å². The van der Waals surface area contributed by atoms with Gasteiger partial charge in [-0.1, -0.05) is 148 Å². The van der Waals surface area contributed by atoms with Crippen LogP contribution in [-0.2, 0) is 6.42 Å². The standard InChI is InChI=1S/C40H62O3/c1-3-5-7-9-10-11-12-13-15-17-33-42-38-31-27-37(28-32-38)40(41)43-39-29-25-36(26-30-39)24-23-35-21-19-34(20-22-35)18-16-14-8-6-4-2/h25-32,34-35H,3-24,33H2,1-2H3/t34-,35-. The van der Waals surface area contributed by atoms with Crippen LogP contribution in [0.2, 0.25) is 0 Å². The van der Waals surface area contributed by atoms with E-state index in [1.807, 2.05) is 24.3 Å². The van der Waals surface area contributed by atoms with Gasteiger partial charge in [0.1, 0.15) is 11.5 Å². The summed E-state index contributed by atoms with van der Waals surface area (Å²) in [4.78, 5) is 12.7. The summed E-state index contributed by atoms with van der Waals surface area (Å²) >= 11 is 0. The van der Waals surface area contributed by atoms with Gasteiger partial charge in [-0.15, -0.1) is 0 Å². The molecular formula is C40H62O3. The number of aryl methyl sites for hydroxylation is 1. The summed E-state index contributed by atoms with van der Waals surface area (Å²) in [5.41, 5.74) is 1.88. The van der Waals surface area contributed by atoms with Crippen molar-refractivity contribution in [2.75, 3.05) is 6.61 Å². The molecule has 0 heterocycles. The predicted molar refractivity (Wildman–Crippen MR) is 182 cm³/mol. The van der Waals surface area contributed by atoms with Crippen molar-refractivity contribution >= 4 is 5.97 Å². The molecule has 0 N–H and O–H groups in total. The monoisotopic (exact) mass is 590 g/mol. The first-order chi connectivity index (χ1) is 21.2. The molecule has 0 aliphatic heterocycles. The zero-order valence-corrected chi connectivity index (χ0v) is 27.8. The molecule has 240 valence electrons. The van der Waals surface area contributed by atoms with Gasteiger partial charge in [0.05, 0.1) is 12.2 Å². The summed E-state index contributed by atoms with van der Waals surface area (Å²) in [7, 11) is 0. The normalized spacial score (nSPS) is 16.7. The van der Waals surface area contributed by atoms with E-state index in [0.717, 1.165) is 37.0 Å². The highest BCUT2D eigenvalue weighted by Crippen LogP contribution is 2.34. The Balaban J connectivity index is 1.24. The number of rotatable bonds is 23. The largest absolute Gasteiger partial charge is 0.494 e. The number of hydrogen-bond acceptors (Lipinski definition) is 3. The zero-order valence-electron chi connectivity index (χ0n) is 27.8. The van der Waals surface area contributed by atoms with Gasteiger partial charge in [-0.05, 0) is 73.1 Å². The van der Waals surface area contributed by atoms with E-state index in [1.165, 1.54) is 134 Å². The Hall–Kier alpha value is -2.29. The van der Waals surface area contributed by atoms with Crippen molar-refractivity contribution in [1.29, 1.82) is 0 Å². The Labute approximate surface area is 264 Å². The zero-order chi connectivity index (χ0) is 30.4.